The van der Waals surface area contributed by atoms with E-state index in [2.05, 4.69) is 15.2 Å². The molecule has 2 aromatic heterocycles. The summed E-state index contributed by atoms with van der Waals surface area (Å²) in [5.41, 5.74) is 7.91. The van der Waals surface area contributed by atoms with E-state index < -0.39 is 0 Å². The maximum absolute atomic E-state index is 13.2. The number of nitrogens with one attached hydrogen (secondary N) is 1. The highest BCUT2D eigenvalue weighted by Crippen LogP contribution is 2.26. The lowest BCUT2D eigenvalue weighted by atomic mass is 10.3. The van der Waals surface area contributed by atoms with Crippen LogP contribution >= 0.6 is 0 Å². The topological polar surface area (TPSA) is 72.5 Å². The third-order valence-electron chi connectivity index (χ3n) is 2.75. The van der Waals surface area contributed by atoms with Crippen molar-refractivity contribution >= 4 is 16.9 Å². The first-order valence-electron chi connectivity index (χ1n) is 5.08. The number of nitrogens with zero attached hydrogens (tertiary/aromatic N) is 3. The normalized spacial score (nSPS) is 11.2. The largest absolute Gasteiger partial charge is 0.383 e. The van der Waals surface area contributed by atoms with Gasteiger partial charge < -0.3 is 10.3 Å². The predicted octanol–water partition coefficient (Wildman–Crippen LogP) is 1.68. The first kappa shape index (κ1) is 9.83. The number of halogens is 1. The molecule has 3 N–H and O–H groups in total. The number of aromatic nitrogens is 4. The number of hydrogen-bond acceptors (Lipinski definition) is 3. The van der Waals surface area contributed by atoms with Gasteiger partial charge in [-0.25, -0.2) is 9.37 Å². The molecule has 3 rings (SSSR count). The molecule has 0 fully saturated rings. The molecule has 86 valence electrons. The van der Waals surface area contributed by atoms with Gasteiger partial charge in [-0.15, -0.1) is 0 Å². The van der Waals surface area contributed by atoms with Crippen molar-refractivity contribution in [3.05, 3.63) is 30.2 Å². The molecule has 0 radical (unpaired) electrons. The van der Waals surface area contributed by atoms with E-state index in [-0.39, 0.29) is 5.82 Å². The minimum Gasteiger partial charge on any atom is -0.383 e. The molecule has 1 aromatic carbocycles. The molecule has 3 aromatic rings. The smallest absolute Gasteiger partial charge is 0.146 e. The van der Waals surface area contributed by atoms with Crippen LogP contribution in [0.3, 0.4) is 0 Å². The molecule has 0 aliphatic carbocycles. The van der Waals surface area contributed by atoms with Crippen LogP contribution in [0.2, 0.25) is 0 Å². The van der Waals surface area contributed by atoms with Gasteiger partial charge in [0.25, 0.3) is 0 Å². The second-order valence-electron chi connectivity index (χ2n) is 3.82. The molecule has 0 saturated heterocycles. The molecule has 0 saturated carbocycles. The van der Waals surface area contributed by atoms with Gasteiger partial charge in [-0.05, 0) is 18.2 Å². The number of imidazole rings is 1. The number of aromatic amines is 1. The Kier molecular flexibility index (Phi) is 1.91. The molecular formula is C11H10FN5. The van der Waals surface area contributed by atoms with Gasteiger partial charge in [0.1, 0.15) is 17.5 Å². The fourth-order valence-corrected chi connectivity index (χ4v) is 1.88. The minimum absolute atomic E-state index is 0.285. The van der Waals surface area contributed by atoms with Gasteiger partial charge in [-0.3, -0.25) is 5.10 Å². The number of anilines is 1. The molecular weight excluding hydrogens is 221 g/mol. The second-order valence-corrected chi connectivity index (χ2v) is 3.82. The van der Waals surface area contributed by atoms with Crippen LogP contribution in [0.25, 0.3) is 22.4 Å². The Bertz CT molecular complexity index is 697. The lowest BCUT2D eigenvalue weighted by Gasteiger charge is -2.00. The van der Waals surface area contributed by atoms with E-state index in [9.17, 15) is 4.39 Å². The average Bonchev–Trinajstić information content (AvgIpc) is 2.84. The maximum atomic E-state index is 13.2. The first-order chi connectivity index (χ1) is 8.16. The Balaban J connectivity index is 2.32. The zero-order valence-electron chi connectivity index (χ0n) is 9.11. The van der Waals surface area contributed by atoms with Crippen molar-refractivity contribution in [3.8, 4) is 11.4 Å². The summed E-state index contributed by atoms with van der Waals surface area (Å²) in [5, 5.41) is 6.50. The lowest BCUT2D eigenvalue weighted by Crippen LogP contribution is -1.95. The molecule has 2 heterocycles. The Morgan fingerprint density at radius 3 is 2.94 bits per heavy atom. The van der Waals surface area contributed by atoms with Crippen molar-refractivity contribution in [1.82, 2.24) is 19.7 Å². The number of hydrogen-bond donors (Lipinski definition) is 2. The van der Waals surface area contributed by atoms with E-state index in [0.29, 0.717) is 17.2 Å². The molecule has 17 heavy (non-hydrogen) atoms. The summed E-state index contributed by atoms with van der Waals surface area (Å²) >= 11 is 0. The molecule has 5 nitrogen and oxygen atoms in total. The maximum Gasteiger partial charge on any atom is 0.146 e. The van der Waals surface area contributed by atoms with Crippen molar-refractivity contribution in [2.45, 2.75) is 0 Å². The van der Waals surface area contributed by atoms with Crippen molar-refractivity contribution in [3.63, 3.8) is 0 Å². The zero-order valence-corrected chi connectivity index (χ0v) is 9.11. The highest BCUT2D eigenvalue weighted by molar-refractivity contribution is 5.82. The fraction of sp³-hybridized carbons (Fsp3) is 0.0909. The Labute approximate surface area is 96.1 Å². The van der Waals surface area contributed by atoms with Crippen molar-refractivity contribution < 1.29 is 4.39 Å². The predicted molar refractivity (Wildman–Crippen MR) is 62.7 cm³/mol. The summed E-state index contributed by atoms with van der Waals surface area (Å²) in [4.78, 5) is 4.41. The summed E-state index contributed by atoms with van der Waals surface area (Å²) in [6.45, 7) is 0. The van der Waals surface area contributed by atoms with Crippen LogP contribution in [-0.4, -0.2) is 19.7 Å². The number of fused-ring (bicyclic) bond motifs is 1. The van der Waals surface area contributed by atoms with Gasteiger partial charge in [0.05, 0.1) is 22.8 Å². The van der Waals surface area contributed by atoms with Gasteiger partial charge in [0.15, 0.2) is 0 Å². The van der Waals surface area contributed by atoms with Gasteiger partial charge in [0, 0.05) is 7.05 Å². The third kappa shape index (κ3) is 1.37. The molecule has 0 amide bonds. The first-order valence-corrected chi connectivity index (χ1v) is 5.08. The summed E-state index contributed by atoms with van der Waals surface area (Å²) in [6.07, 6.45) is 1.60. The Morgan fingerprint density at radius 2 is 2.24 bits per heavy atom. The van der Waals surface area contributed by atoms with E-state index >= 15 is 0 Å². The van der Waals surface area contributed by atoms with Crippen LogP contribution in [0.1, 0.15) is 0 Å². The van der Waals surface area contributed by atoms with Gasteiger partial charge in [0.2, 0.25) is 0 Å². The van der Waals surface area contributed by atoms with Crippen LogP contribution < -0.4 is 5.73 Å². The van der Waals surface area contributed by atoms with Crippen molar-refractivity contribution in [2.24, 2.45) is 7.05 Å². The van der Waals surface area contributed by atoms with Crippen LogP contribution in [0, 0.1) is 5.82 Å². The van der Waals surface area contributed by atoms with E-state index in [1.54, 1.807) is 16.8 Å². The van der Waals surface area contributed by atoms with E-state index in [1.165, 1.54) is 12.1 Å². The zero-order chi connectivity index (χ0) is 12.0. The van der Waals surface area contributed by atoms with Crippen molar-refractivity contribution in [2.75, 3.05) is 5.73 Å². The van der Waals surface area contributed by atoms with Gasteiger partial charge in [-0.1, -0.05) is 0 Å². The van der Waals surface area contributed by atoms with E-state index in [4.69, 9.17) is 5.73 Å². The fourth-order valence-electron chi connectivity index (χ4n) is 1.88. The Morgan fingerprint density at radius 1 is 1.41 bits per heavy atom. The number of nitrogens with two attached hydrogens (primary N) is 1. The lowest BCUT2D eigenvalue weighted by molar-refractivity contribution is 0.629. The summed E-state index contributed by atoms with van der Waals surface area (Å²) in [6, 6.07) is 4.48. The number of rotatable bonds is 1. The van der Waals surface area contributed by atoms with Crippen LogP contribution in [0.5, 0.6) is 0 Å². The third-order valence-corrected chi connectivity index (χ3v) is 2.75. The van der Waals surface area contributed by atoms with Gasteiger partial charge in [-0.2, -0.15) is 5.10 Å². The van der Waals surface area contributed by atoms with Crippen LogP contribution in [0.15, 0.2) is 24.4 Å². The van der Waals surface area contributed by atoms with Gasteiger partial charge >= 0.3 is 0 Å². The van der Waals surface area contributed by atoms with Crippen LogP contribution in [-0.2, 0) is 7.05 Å². The minimum atomic E-state index is -0.285. The molecule has 0 aliphatic heterocycles. The average molecular weight is 231 g/mol. The molecule has 0 unspecified atom stereocenters. The summed E-state index contributed by atoms with van der Waals surface area (Å²) in [5.74, 6) is 0.827. The number of benzene rings is 1. The number of H-pyrrole nitrogens is 1. The molecule has 0 aliphatic rings. The molecule has 0 bridgehead atoms. The Hall–Kier alpha value is -2.37. The van der Waals surface area contributed by atoms with Crippen molar-refractivity contribution in [1.29, 1.82) is 0 Å². The number of aryl methyl sites for hydroxylation is 1. The quantitative estimate of drug-likeness (QED) is 0.669. The molecule has 6 heteroatoms. The highest BCUT2D eigenvalue weighted by Gasteiger charge is 2.13. The SMILES string of the molecule is Cn1c(-c2cn[nH]c2N)nc2ccc(F)cc21. The van der Waals surface area contributed by atoms with E-state index in [1.807, 2.05) is 7.05 Å². The molecule has 0 atom stereocenters. The molecule has 0 spiro atoms. The standard InChI is InChI=1S/C11H10FN5/c1-17-9-4-6(12)2-3-8(9)15-11(17)7-5-14-16-10(7)13/h2-5H,1H3,(H3,13,14,16). The summed E-state index contributed by atoms with van der Waals surface area (Å²) in [7, 11) is 1.82. The second kappa shape index (κ2) is 3.31. The summed E-state index contributed by atoms with van der Waals surface area (Å²) < 4.78 is 15.0. The number of nitrogen functional groups attached to an aromatic ring is 1. The van der Waals surface area contributed by atoms with Crippen LogP contribution in [0.4, 0.5) is 10.2 Å². The monoisotopic (exact) mass is 231 g/mol. The van der Waals surface area contributed by atoms with E-state index in [0.717, 1.165) is 11.0 Å². The highest BCUT2D eigenvalue weighted by atomic mass is 19.1.